The van der Waals surface area contributed by atoms with Crippen molar-refractivity contribution < 1.29 is 27.1 Å². The van der Waals surface area contributed by atoms with E-state index in [-0.39, 0.29) is 23.8 Å². The Balaban J connectivity index is 2.10. The van der Waals surface area contributed by atoms with Crippen LogP contribution in [0.3, 0.4) is 0 Å². The number of aromatic nitrogens is 1. The quantitative estimate of drug-likeness (QED) is 0.872. The van der Waals surface area contributed by atoms with Gasteiger partial charge in [0.05, 0.1) is 5.69 Å². The number of nitrogens with one attached hydrogen (secondary N) is 1. The molecule has 0 saturated carbocycles. The minimum atomic E-state index is -4.55. The molecule has 1 amide bonds. The van der Waals surface area contributed by atoms with Crippen LogP contribution in [0.2, 0.25) is 0 Å². The molecule has 0 unspecified atom stereocenters. The summed E-state index contributed by atoms with van der Waals surface area (Å²) in [6.07, 6.45) is -4.55. The molecule has 8 heteroatoms. The summed E-state index contributed by atoms with van der Waals surface area (Å²) in [6, 6.07) is 4.88. The van der Waals surface area contributed by atoms with E-state index >= 15 is 0 Å². The second-order valence-electron chi connectivity index (χ2n) is 5.37. The molecular formula is C16H12F4N2O2. The van der Waals surface area contributed by atoms with E-state index in [1.807, 2.05) is 0 Å². The van der Waals surface area contributed by atoms with Crippen molar-refractivity contribution in [2.24, 2.45) is 0 Å². The van der Waals surface area contributed by atoms with Crippen molar-refractivity contribution in [2.45, 2.75) is 19.6 Å². The van der Waals surface area contributed by atoms with Gasteiger partial charge in [-0.25, -0.2) is 4.39 Å². The van der Waals surface area contributed by atoms with Gasteiger partial charge in [0.25, 0.3) is 5.91 Å². The molecule has 2 aromatic rings. The molecule has 3 rings (SSSR count). The van der Waals surface area contributed by atoms with E-state index in [0.29, 0.717) is 22.5 Å². The Kier molecular flexibility index (Phi) is 3.90. The van der Waals surface area contributed by atoms with Crippen LogP contribution < -0.4 is 10.1 Å². The fourth-order valence-corrected chi connectivity index (χ4v) is 2.54. The molecule has 126 valence electrons. The predicted octanol–water partition coefficient (Wildman–Crippen LogP) is 3.38. The topological polar surface area (TPSA) is 51.2 Å². The Morgan fingerprint density at radius 3 is 2.71 bits per heavy atom. The number of ether oxygens (including phenoxy) is 1. The summed E-state index contributed by atoms with van der Waals surface area (Å²) in [5.41, 5.74) is 1.99. The van der Waals surface area contributed by atoms with E-state index < -0.39 is 18.6 Å². The Morgan fingerprint density at radius 2 is 2.00 bits per heavy atom. The summed E-state index contributed by atoms with van der Waals surface area (Å²) in [5, 5.41) is 2.64. The largest absolute Gasteiger partial charge is 0.483 e. The molecule has 24 heavy (non-hydrogen) atoms. The molecule has 1 aromatic carbocycles. The molecule has 1 N–H and O–H groups in total. The van der Waals surface area contributed by atoms with Gasteiger partial charge in [0, 0.05) is 35.0 Å². The second-order valence-corrected chi connectivity index (χ2v) is 5.37. The minimum absolute atomic E-state index is 0.201. The van der Waals surface area contributed by atoms with Crippen LogP contribution >= 0.6 is 0 Å². The molecular weight excluding hydrogens is 328 g/mol. The lowest BCUT2D eigenvalue weighted by Crippen LogP contribution is -2.19. The van der Waals surface area contributed by atoms with Crippen LogP contribution in [0.1, 0.15) is 21.6 Å². The highest BCUT2D eigenvalue weighted by atomic mass is 19.4. The zero-order valence-electron chi connectivity index (χ0n) is 12.5. The molecule has 1 aliphatic heterocycles. The molecule has 0 fully saturated rings. The fraction of sp³-hybridized carbons (Fsp3) is 0.250. The number of halogens is 4. The maximum atomic E-state index is 13.5. The number of hydrogen-bond donors (Lipinski definition) is 1. The number of carbonyl (C=O) groups is 1. The number of pyridine rings is 1. The number of benzene rings is 1. The van der Waals surface area contributed by atoms with Crippen LogP contribution in [0.15, 0.2) is 24.3 Å². The number of fused-ring (bicyclic) bond motifs is 1. The molecule has 0 atom stereocenters. The average Bonchev–Trinajstić information content (AvgIpc) is 2.85. The van der Waals surface area contributed by atoms with Crippen molar-refractivity contribution in [1.29, 1.82) is 0 Å². The maximum absolute atomic E-state index is 13.5. The lowest BCUT2D eigenvalue weighted by Gasteiger charge is -2.15. The standard InChI is InChI=1S/C16H12F4N2O2/c1-8-4-11-12(6-21-15(11)23)14(22-8)10-3-2-9(17)5-13(10)24-7-16(18,19)20/h2-5H,6-7H2,1H3,(H,21,23). The number of alkyl halides is 3. The molecule has 0 spiro atoms. The summed E-state index contributed by atoms with van der Waals surface area (Å²) in [7, 11) is 0. The normalized spacial score (nSPS) is 13.6. The van der Waals surface area contributed by atoms with Crippen molar-refractivity contribution >= 4 is 5.91 Å². The SMILES string of the molecule is Cc1cc2c(c(-c3ccc(F)cc3OCC(F)(F)F)n1)CNC2=O. The van der Waals surface area contributed by atoms with Gasteiger partial charge in [0.1, 0.15) is 11.6 Å². The van der Waals surface area contributed by atoms with Crippen LogP contribution in [0.5, 0.6) is 5.75 Å². The Hall–Kier alpha value is -2.64. The number of aryl methyl sites for hydroxylation is 1. The summed E-state index contributed by atoms with van der Waals surface area (Å²) in [4.78, 5) is 16.1. The van der Waals surface area contributed by atoms with E-state index in [1.54, 1.807) is 13.0 Å². The summed E-state index contributed by atoms with van der Waals surface area (Å²) >= 11 is 0. The smallest absolute Gasteiger partial charge is 0.422 e. The van der Waals surface area contributed by atoms with Gasteiger partial charge in [-0.3, -0.25) is 9.78 Å². The van der Waals surface area contributed by atoms with Crippen LogP contribution in [-0.4, -0.2) is 23.7 Å². The molecule has 4 nitrogen and oxygen atoms in total. The van der Waals surface area contributed by atoms with Gasteiger partial charge < -0.3 is 10.1 Å². The number of nitrogens with zero attached hydrogens (tertiary/aromatic N) is 1. The van der Waals surface area contributed by atoms with E-state index in [0.717, 1.165) is 12.1 Å². The van der Waals surface area contributed by atoms with Gasteiger partial charge in [-0.05, 0) is 25.1 Å². The van der Waals surface area contributed by atoms with Crippen molar-refractivity contribution in [3.8, 4) is 17.0 Å². The van der Waals surface area contributed by atoms with Gasteiger partial charge in [0.15, 0.2) is 6.61 Å². The van der Waals surface area contributed by atoms with Crippen molar-refractivity contribution in [3.63, 3.8) is 0 Å². The lowest BCUT2D eigenvalue weighted by molar-refractivity contribution is -0.153. The zero-order valence-corrected chi connectivity index (χ0v) is 12.5. The third-order valence-corrected chi connectivity index (χ3v) is 3.51. The highest BCUT2D eigenvalue weighted by Gasteiger charge is 2.30. The minimum Gasteiger partial charge on any atom is -0.483 e. The molecule has 0 aliphatic carbocycles. The summed E-state index contributed by atoms with van der Waals surface area (Å²) in [5.74, 6) is -1.28. The van der Waals surface area contributed by atoms with Crippen LogP contribution in [-0.2, 0) is 6.54 Å². The van der Waals surface area contributed by atoms with Gasteiger partial charge in [0.2, 0.25) is 0 Å². The van der Waals surface area contributed by atoms with Crippen LogP contribution in [0.25, 0.3) is 11.3 Å². The van der Waals surface area contributed by atoms with Crippen LogP contribution in [0, 0.1) is 12.7 Å². The first kappa shape index (κ1) is 16.2. The van der Waals surface area contributed by atoms with E-state index in [2.05, 4.69) is 10.3 Å². The highest BCUT2D eigenvalue weighted by Crippen LogP contribution is 2.35. The van der Waals surface area contributed by atoms with Gasteiger partial charge in [-0.2, -0.15) is 13.2 Å². The maximum Gasteiger partial charge on any atom is 0.422 e. The molecule has 0 radical (unpaired) electrons. The molecule has 0 saturated heterocycles. The molecule has 2 heterocycles. The zero-order chi connectivity index (χ0) is 17.5. The Labute approximate surface area is 134 Å². The third-order valence-electron chi connectivity index (χ3n) is 3.51. The number of hydrogen-bond acceptors (Lipinski definition) is 3. The van der Waals surface area contributed by atoms with Crippen molar-refractivity contribution in [3.05, 3.63) is 46.9 Å². The fourth-order valence-electron chi connectivity index (χ4n) is 2.54. The molecule has 0 bridgehead atoms. The number of rotatable bonds is 3. The lowest BCUT2D eigenvalue weighted by atomic mass is 10.0. The first-order valence-corrected chi connectivity index (χ1v) is 7.03. The predicted molar refractivity (Wildman–Crippen MR) is 77.1 cm³/mol. The van der Waals surface area contributed by atoms with Crippen molar-refractivity contribution in [2.75, 3.05) is 6.61 Å². The highest BCUT2D eigenvalue weighted by molar-refractivity contribution is 6.00. The Bertz CT molecular complexity index is 818. The third kappa shape index (κ3) is 3.17. The summed E-state index contributed by atoms with van der Waals surface area (Å²) < 4.78 is 55.5. The van der Waals surface area contributed by atoms with E-state index in [1.165, 1.54) is 6.07 Å². The number of amides is 1. The van der Waals surface area contributed by atoms with E-state index in [4.69, 9.17) is 4.74 Å². The monoisotopic (exact) mass is 340 g/mol. The first-order valence-electron chi connectivity index (χ1n) is 7.03. The van der Waals surface area contributed by atoms with Crippen LogP contribution in [0.4, 0.5) is 17.6 Å². The van der Waals surface area contributed by atoms with Crippen molar-refractivity contribution in [1.82, 2.24) is 10.3 Å². The second kappa shape index (κ2) is 5.77. The van der Waals surface area contributed by atoms with E-state index in [9.17, 15) is 22.4 Å². The first-order chi connectivity index (χ1) is 11.2. The molecule has 1 aromatic heterocycles. The number of carbonyl (C=O) groups excluding carboxylic acids is 1. The Morgan fingerprint density at radius 1 is 1.25 bits per heavy atom. The van der Waals surface area contributed by atoms with Gasteiger partial charge in [-0.15, -0.1) is 0 Å². The summed E-state index contributed by atoms with van der Waals surface area (Å²) in [6.45, 7) is 0.316. The average molecular weight is 340 g/mol. The van der Waals surface area contributed by atoms with Gasteiger partial charge >= 0.3 is 6.18 Å². The molecule has 1 aliphatic rings. The van der Waals surface area contributed by atoms with Gasteiger partial charge in [-0.1, -0.05) is 0 Å².